The number of hydrogen-bond acceptors (Lipinski definition) is 3. The molecular formula is C10H10N2O2S. The van der Waals surface area contributed by atoms with Gasteiger partial charge < -0.3 is 9.51 Å². The Morgan fingerprint density at radius 3 is 3.07 bits per heavy atom. The van der Waals surface area contributed by atoms with E-state index in [1.54, 1.807) is 36.3 Å². The van der Waals surface area contributed by atoms with Crippen LogP contribution in [0.4, 0.5) is 0 Å². The smallest absolute Gasteiger partial charge is 0.337 e. The van der Waals surface area contributed by atoms with E-state index < -0.39 is 5.97 Å². The molecule has 0 saturated heterocycles. The second kappa shape index (κ2) is 3.94. The van der Waals surface area contributed by atoms with Crippen LogP contribution in [0.3, 0.4) is 0 Å². The van der Waals surface area contributed by atoms with Gasteiger partial charge in [-0.1, -0.05) is 0 Å². The number of imidazole rings is 1. The molecule has 78 valence electrons. The van der Waals surface area contributed by atoms with E-state index in [1.807, 2.05) is 10.7 Å². The molecule has 5 heteroatoms. The lowest BCUT2D eigenvalue weighted by Gasteiger charge is -2.00. The Morgan fingerprint density at radius 2 is 2.40 bits per heavy atom. The molecule has 0 unspecified atom stereocenters. The Balaban J connectivity index is 2.56. The zero-order chi connectivity index (χ0) is 10.8. The van der Waals surface area contributed by atoms with Crippen LogP contribution in [0.5, 0.6) is 0 Å². The summed E-state index contributed by atoms with van der Waals surface area (Å²) in [5.74, 6) is -0.0924. The third-order valence-corrected chi connectivity index (χ3v) is 2.71. The van der Waals surface area contributed by atoms with Crippen molar-refractivity contribution in [3.8, 4) is 0 Å². The van der Waals surface area contributed by atoms with Crippen molar-refractivity contribution in [3.63, 3.8) is 0 Å². The molecule has 0 aliphatic heterocycles. The molecule has 0 spiro atoms. The summed E-state index contributed by atoms with van der Waals surface area (Å²) in [5, 5.41) is 8.86. The van der Waals surface area contributed by atoms with E-state index in [0.717, 1.165) is 17.1 Å². The van der Waals surface area contributed by atoms with Crippen molar-refractivity contribution < 1.29 is 9.90 Å². The van der Waals surface area contributed by atoms with Gasteiger partial charge in [-0.2, -0.15) is 11.8 Å². The number of carbonyl (C=O) groups is 1. The lowest BCUT2D eigenvalue weighted by molar-refractivity contribution is 0.0696. The molecular weight excluding hydrogens is 212 g/mol. The molecule has 2 aromatic heterocycles. The lowest BCUT2D eigenvalue weighted by Crippen LogP contribution is -2.00. The molecule has 0 aliphatic rings. The van der Waals surface area contributed by atoms with Crippen LogP contribution in [0, 0.1) is 0 Å². The summed E-state index contributed by atoms with van der Waals surface area (Å²) in [4.78, 5) is 15.0. The SMILES string of the molecule is CSCc1cnc2ccc(C(=O)O)cn12. The second-order valence-corrected chi connectivity index (χ2v) is 4.00. The van der Waals surface area contributed by atoms with Crippen LogP contribution >= 0.6 is 11.8 Å². The first-order chi connectivity index (χ1) is 7.22. The van der Waals surface area contributed by atoms with Crippen molar-refractivity contribution in [2.24, 2.45) is 0 Å². The fraction of sp³-hybridized carbons (Fsp3) is 0.200. The third-order valence-electron chi connectivity index (χ3n) is 2.12. The zero-order valence-corrected chi connectivity index (χ0v) is 8.99. The predicted octanol–water partition coefficient (Wildman–Crippen LogP) is 1.90. The topological polar surface area (TPSA) is 54.6 Å². The van der Waals surface area contributed by atoms with E-state index in [2.05, 4.69) is 4.98 Å². The Bertz CT molecular complexity index is 507. The van der Waals surface area contributed by atoms with E-state index in [1.165, 1.54) is 0 Å². The normalized spacial score (nSPS) is 10.7. The van der Waals surface area contributed by atoms with Crippen molar-refractivity contribution in [2.45, 2.75) is 5.75 Å². The van der Waals surface area contributed by atoms with Crippen molar-refractivity contribution in [1.82, 2.24) is 9.38 Å². The average Bonchev–Trinajstić information content (AvgIpc) is 2.61. The van der Waals surface area contributed by atoms with Crippen LogP contribution in [-0.2, 0) is 5.75 Å². The van der Waals surface area contributed by atoms with Gasteiger partial charge in [-0.15, -0.1) is 0 Å². The van der Waals surface area contributed by atoms with E-state index >= 15 is 0 Å². The van der Waals surface area contributed by atoms with Gasteiger partial charge in [0.2, 0.25) is 0 Å². The molecule has 0 bridgehead atoms. The van der Waals surface area contributed by atoms with E-state index in [9.17, 15) is 4.79 Å². The molecule has 0 atom stereocenters. The minimum atomic E-state index is -0.916. The van der Waals surface area contributed by atoms with Gasteiger partial charge in [0, 0.05) is 11.9 Å². The minimum Gasteiger partial charge on any atom is -0.478 e. The van der Waals surface area contributed by atoms with Crippen LogP contribution in [0.2, 0.25) is 0 Å². The fourth-order valence-electron chi connectivity index (χ4n) is 1.41. The number of carboxylic acids is 1. The first-order valence-corrected chi connectivity index (χ1v) is 5.80. The summed E-state index contributed by atoms with van der Waals surface area (Å²) < 4.78 is 1.82. The molecule has 2 rings (SSSR count). The summed E-state index contributed by atoms with van der Waals surface area (Å²) in [6.45, 7) is 0. The number of fused-ring (bicyclic) bond motifs is 1. The Morgan fingerprint density at radius 1 is 1.60 bits per heavy atom. The largest absolute Gasteiger partial charge is 0.478 e. The highest BCUT2D eigenvalue weighted by molar-refractivity contribution is 7.97. The molecule has 15 heavy (non-hydrogen) atoms. The number of rotatable bonds is 3. The van der Waals surface area contributed by atoms with Crippen LogP contribution < -0.4 is 0 Å². The van der Waals surface area contributed by atoms with E-state index in [0.29, 0.717) is 0 Å². The standard InChI is InChI=1S/C10H10N2O2S/c1-15-6-8-4-11-9-3-2-7(10(13)14)5-12(8)9/h2-5H,6H2,1H3,(H,13,14). The van der Waals surface area contributed by atoms with Gasteiger partial charge in [0.15, 0.2) is 0 Å². The average molecular weight is 222 g/mol. The van der Waals surface area contributed by atoms with Crippen molar-refractivity contribution in [3.05, 3.63) is 35.8 Å². The van der Waals surface area contributed by atoms with Crippen LogP contribution in [0.1, 0.15) is 16.1 Å². The fourth-order valence-corrected chi connectivity index (χ4v) is 1.92. The first-order valence-electron chi connectivity index (χ1n) is 4.40. The summed E-state index contributed by atoms with van der Waals surface area (Å²) in [7, 11) is 0. The Labute approximate surface area is 90.9 Å². The molecule has 0 aliphatic carbocycles. The molecule has 1 N–H and O–H groups in total. The maximum absolute atomic E-state index is 10.8. The molecule has 0 radical (unpaired) electrons. The van der Waals surface area contributed by atoms with E-state index in [-0.39, 0.29) is 5.56 Å². The lowest BCUT2D eigenvalue weighted by atomic mass is 10.3. The number of aromatic nitrogens is 2. The highest BCUT2D eigenvalue weighted by Crippen LogP contribution is 2.13. The highest BCUT2D eigenvalue weighted by Gasteiger charge is 2.07. The minimum absolute atomic E-state index is 0.280. The van der Waals surface area contributed by atoms with Gasteiger partial charge in [-0.3, -0.25) is 0 Å². The molecule has 2 heterocycles. The van der Waals surface area contributed by atoms with Gasteiger partial charge in [0.05, 0.1) is 17.5 Å². The van der Waals surface area contributed by atoms with Crippen LogP contribution in [0.15, 0.2) is 24.5 Å². The summed E-state index contributed by atoms with van der Waals surface area (Å²) in [6.07, 6.45) is 5.38. The number of nitrogens with zero attached hydrogens (tertiary/aromatic N) is 2. The van der Waals surface area contributed by atoms with Gasteiger partial charge >= 0.3 is 5.97 Å². The first kappa shape index (κ1) is 10.0. The summed E-state index contributed by atoms with van der Waals surface area (Å²) in [5.41, 5.74) is 2.08. The number of hydrogen-bond donors (Lipinski definition) is 1. The number of carboxylic acid groups (broad SMARTS) is 1. The molecule has 4 nitrogen and oxygen atoms in total. The van der Waals surface area contributed by atoms with Crippen LogP contribution in [0.25, 0.3) is 5.65 Å². The zero-order valence-electron chi connectivity index (χ0n) is 8.17. The van der Waals surface area contributed by atoms with Gasteiger partial charge in [0.1, 0.15) is 5.65 Å². The van der Waals surface area contributed by atoms with Crippen molar-refractivity contribution in [1.29, 1.82) is 0 Å². The van der Waals surface area contributed by atoms with Gasteiger partial charge in [-0.25, -0.2) is 9.78 Å². The van der Waals surface area contributed by atoms with Gasteiger partial charge in [-0.05, 0) is 18.4 Å². The monoisotopic (exact) mass is 222 g/mol. The summed E-state index contributed by atoms with van der Waals surface area (Å²) >= 11 is 1.68. The number of thioether (sulfide) groups is 1. The number of aromatic carboxylic acids is 1. The third kappa shape index (κ3) is 1.83. The quantitative estimate of drug-likeness (QED) is 0.861. The maximum atomic E-state index is 10.8. The molecule has 2 aromatic rings. The predicted molar refractivity (Wildman–Crippen MR) is 59.4 cm³/mol. The Kier molecular flexibility index (Phi) is 2.64. The summed E-state index contributed by atoms with van der Waals surface area (Å²) in [6, 6.07) is 3.28. The Hall–Kier alpha value is -1.49. The van der Waals surface area contributed by atoms with E-state index in [4.69, 9.17) is 5.11 Å². The number of pyridine rings is 1. The molecule has 0 saturated carbocycles. The second-order valence-electron chi connectivity index (χ2n) is 3.13. The maximum Gasteiger partial charge on any atom is 0.337 e. The molecule has 0 fully saturated rings. The van der Waals surface area contributed by atoms with Crippen molar-refractivity contribution in [2.75, 3.05) is 6.26 Å². The molecule has 0 aromatic carbocycles. The van der Waals surface area contributed by atoms with Crippen molar-refractivity contribution >= 4 is 23.4 Å². The molecule has 0 amide bonds. The van der Waals surface area contributed by atoms with Crippen LogP contribution in [-0.4, -0.2) is 26.7 Å². The highest BCUT2D eigenvalue weighted by atomic mass is 32.2. The van der Waals surface area contributed by atoms with Gasteiger partial charge in [0.25, 0.3) is 0 Å².